The number of hydrogen-bond donors (Lipinski definition) is 2. The fourth-order valence-electron chi connectivity index (χ4n) is 0.342. The maximum Gasteiger partial charge on any atom is 0.0402 e. The van der Waals surface area contributed by atoms with E-state index in [4.69, 9.17) is 10.2 Å². The van der Waals surface area contributed by atoms with Gasteiger partial charge in [0.2, 0.25) is 0 Å². The van der Waals surface area contributed by atoms with E-state index in [1.54, 1.807) is 13.8 Å². The Morgan fingerprint density at radius 3 is 1.31 bits per heavy atom. The van der Waals surface area contributed by atoms with E-state index in [9.17, 15) is 0 Å². The zero-order chi connectivity index (χ0) is 9.66. The first-order valence-electron chi connectivity index (χ1n) is 3.96. The summed E-state index contributed by atoms with van der Waals surface area (Å²) >= 11 is 0. The van der Waals surface area contributed by atoms with Gasteiger partial charge in [-0.15, -0.1) is 0 Å². The van der Waals surface area contributed by atoms with Gasteiger partial charge in [-0.05, 0) is 13.8 Å². The van der Waals surface area contributed by atoms with Gasteiger partial charge in [-0.25, -0.2) is 0 Å². The van der Waals surface area contributed by atoms with Crippen LogP contribution in [0.3, 0.4) is 0 Å². The minimum Gasteiger partial charge on any atom is -0.397 e. The summed E-state index contributed by atoms with van der Waals surface area (Å²) in [4.78, 5) is 0. The quantitative estimate of drug-likeness (QED) is 0.692. The molecule has 0 bridgehead atoms. The Morgan fingerprint density at radius 1 is 0.923 bits per heavy atom. The second-order valence-electron chi connectivity index (χ2n) is 1.71. The van der Waals surface area contributed by atoms with Gasteiger partial charge in [0.15, 0.2) is 0 Å². The average Bonchev–Trinajstić information content (AvgIpc) is 2.10. The molecule has 0 amide bonds. The number of rotatable bonds is 0. The van der Waals surface area contributed by atoms with Crippen LogP contribution in [0.1, 0.15) is 13.8 Å². The summed E-state index contributed by atoms with van der Waals surface area (Å²) in [5.41, 5.74) is 0. The Kier molecular flexibility index (Phi) is 33.1. The molecule has 0 aliphatic heterocycles. The third-order valence-corrected chi connectivity index (χ3v) is 0.607. The van der Waals surface area contributed by atoms with Crippen molar-refractivity contribution in [1.29, 1.82) is 0 Å². The molecule has 0 unspecified atom stereocenters. The summed E-state index contributed by atoms with van der Waals surface area (Å²) in [7, 11) is 0. The van der Waals surface area contributed by atoms with Crippen LogP contribution >= 0.6 is 0 Å². The van der Waals surface area contributed by atoms with Crippen molar-refractivity contribution in [2.24, 2.45) is 0 Å². The summed E-state index contributed by atoms with van der Waals surface area (Å²) in [5.74, 6) is 0. The third-order valence-electron chi connectivity index (χ3n) is 0.607. The monoisotopic (exact) mass is 258 g/mol. The zero-order valence-corrected chi connectivity index (χ0v) is 11.1. The van der Waals surface area contributed by atoms with Gasteiger partial charge in [-0.3, -0.25) is 0 Å². The molecule has 0 saturated carbocycles. The number of aliphatic hydroxyl groups excluding tert-OH is 2. The molecule has 0 atom stereocenters. The van der Waals surface area contributed by atoms with Crippen molar-refractivity contribution in [2.75, 3.05) is 13.2 Å². The topological polar surface area (TPSA) is 40.5 Å². The van der Waals surface area contributed by atoms with Crippen LogP contribution in [-0.2, 0) is 32.7 Å². The molecule has 0 aromatic heterocycles. The van der Waals surface area contributed by atoms with Crippen LogP contribution in [0.15, 0.2) is 30.3 Å². The Hall–Kier alpha value is 0.244. The van der Waals surface area contributed by atoms with Crippen LogP contribution in [0, 0.1) is 6.07 Å². The van der Waals surface area contributed by atoms with Crippen molar-refractivity contribution in [3.05, 3.63) is 36.4 Å². The molecule has 0 aliphatic rings. The van der Waals surface area contributed by atoms with Crippen molar-refractivity contribution in [2.45, 2.75) is 13.8 Å². The van der Waals surface area contributed by atoms with E-state index < -0.39 is 0 Å². The predicted molar refractivity (Wildman–Crippen MR) is 50.8 cm³/mol. The Bertz CT molecular complexity index is 105. The molecule has 1 rings (SSSR count). The van der Waals surface area contributed by atoms with Crippen LogP contribution in [-0.4, -0.2) is 23.4 Å². The van der Waals surface area contributed by atoms with Crippen LogP contribution in [0.25, 0.3) is 0 Å². The standard InChI is InChI=1S/C6H5.2C2H6O.Y/c1-2-4-6-5-3-1;2*1-2-3;/h1-5H;2*3H,2H2,1H3;/q-1;;;. The van der Waals surface area contributed by atoms with Gasteiger partial charge in [0, 0.05) is 45.9 Å². The second-order valence-corrected chi connectivity index (χ2v) is 1.71. The van der Waals surface area contributed by atoms with Gasteiger partial charge in [0.05, 0.1) is 0 Å². The van der Waals surface area contributed by atoms with E-state index in [0.717, 1.165) is 0 Å². The van der Waals surface area contributed by atoms with E-state index in [0.29, 0.717) is 0 Å². The number of aliphatic hydroxyl groups is 2. The normalized spacial score (nSPS) is 6.46. The first kappa shape index (κ1) is 18.9. The molecular weight excluding hydrogens is 241 g/mol. The molecule has 0 aliphatic carbocycles. The summed E-state index contributed by atoms with van der Waals surface area (Å²) < 4.78 is 0. The van der Waals surface area contributed by atoms with Gasteiger partial charge in [0.1, 0.15) is 0 Å². The van der Waals surface area contributed by atoms with Crippen LogP contribution < -0.4 is 0 Å². The van der Waals surface area contributed by atoms with E-state index in [1.807, 2.05) is 30.3 Å². The third kappa shape index (κ3) is 33.0. The molecule has 3 heteroatoms. The minimum absolute atomic E-state index is 0. The molecule has 2 nitrogen and oxygen atoms in total. The summed E-state index contributed by atoms with van der Waals surface area (Å²) in [6.45, 7) is 3.86. The summed E-state index contributed by atoms with van der Waals surface area (Å²) in [6, 6.07) is 12.5. The molecule has 0 spiro atoms. The predicted octanol–water partition coefficient (Wildman–Crippen LogP) is 1.48. The molecule has 73 valence electrons. The van der Waals surface area contributed by atoms with Crippen molar-refractivity contribution in [3.8, 4) is 0 Å². The molecule has 0 heterocycles. The molecule has 1 radical (unpaired) electrons. The number of benzene rings is 1. The summed E-state index contributed by atoms with van der Waals surface area (Å²) in [5, 5.41) is 15.1. The first-order chi connectivity index (χ1) is 5.83. The van der Waals surface area contributed by atoms with Crippen LogP contribution in [0.2, 0.25) is 0 Å². The minimum atomic E-state index is 0. The van der Waals surface area contributed by atoms with Crippen LogP contribution in [0.5, 0.6) is 0 Å². The fraction of sp³-hybridized carbons (Fsp3) is 0.400. The molecule has 1 aromatic carbocycles. The molecular formula is C10H17O2Y-. The maximum absolute atomic E-state index is 7.57. The number of hydrogen-bond acceptors (Lipinski definition) is 2. The second kappa shape index (κ2) is 22.8. The molecule has 0 fully saturated rings. The van der Waals surface area contributed by atoms with E-state index in [1.165, 1.54) is 0 Å². The van der Waals surface area contributed by atoms with Gasteiger partial charge in [-0.2, -0.15) is 36.4 Å². The van der Waals surface area contributed by atoms with Crippen LogP contribution in [0.4, 0.5) is 0 Å². The fourth-order valence-corrected chi connectivity index (χ4v) is 0.342. The average molecular weight is 258 g/mol. The smallest absolute Gasteiger partial charge is 0.0402 e. The van der Waals surface area contributed by atoms with Gasteiger partial charge >= 0.3 is 0 Å². The van der Waals surface area contributed by atoms with Crippen molar-refractivity contribution in [1.82, 2.24) is 0 Å². The zero-order valence-electron chi connectivity index (χ0n) is 8.27. The summed E-state index contributed by atoms with van der Waals surface area (Å²) in [6.07, 6.45) is 0. The molecule has 13 heavy (non-hydrogen) atoms. The SMILES string of the molecule is CCO.CCO.[Y].[c-]1ccccc1. The largest absolute Gasteiger partial charge is 0.397 e. The molecule has 0 saturated heterocycles. The Morgan fingerprint density at radius 2 is 1.23 bits per heavy atom. The van der Waals surface area contributed by atoms with Crippen molar-refractivity contribution >= 4 is 0 Å². The van der Waals surface area contributed by atoms with Gasteiger partial charge in [-0.1, -0.05) is 0 Å². The Labute approximate surface area is 106 Å². The van der Waals surface area contributed by atoms with Gasteiger partial charge < -0.3 is 10.2 Å². The maximum atomic E-state index is 7.57. The van der Waals surface area contributed by atoms with E-state index >= 15 is 0 Å². The van der Waals surface area contributed by atoms with Crippen molar-refractivity contribution in [3.63, 3.8) is 0 Å². The van der Waals surface area contributed by atoms with Gasteiger partial charge in [0.25, 0.3) is 0 Å². The van der Waals surface area contributed by atoms with Crippen molar-refractivity contribution < 1.29 is 42.9 Å². The Balaban J connectivity index is -0.000000126. The molecule has 1 aromatic rings. The van der Waals surface area contributed by atoms with E-state index in [-0.39, 0.29) is 45.9 Å². The van der Waals surface area contributed by atoms with E-state index in [2.05, 4.69) is 6.07 Å². The molecule has 2 N–H and O–H groups in total. The first-order valence-corrected chi connectivity index (χ1v) is 3.96.